The highest BCUT2D eigenvalue weighted by Crippen LogP contribution is 2.35. The molecule has 2 aromatic carbocycles. The van der Waals surface area contributed by atoms with E-state index in [1.54, 1.807) is 0 Å². The fourth-order valence-corrected chi connectivity index (χ4v) is 3.97. The molecule has 3 heterocycles. The fourth-order valence-electron chi connectivity index (χ4n) is 3.97. The summed E-state index contributed by atoms with van der Waals surface area (Å²) >= 11 is 0. The normalized spacial score (nSPS) is 16.1. The number of nitrogens with zero attached hydrogens (tertiary/aromatic N) is 3. The van der Waals surface area contributed by atoms with Gasteiger partial charge in [0, 0.05) is 30.4 Å². The Bertz CT molecular complexity index is 1060. The predicted octanol–water partition coefficient (Wildman–Crippen LogP) is 4.44. The van der Waals surface area contributed by atoms with Crippen LogP contribution in [0.4, 0.5) is 5.69 Å². The Morgan fingerprint density at radius 3 is 2.80 bits per heavy atom. The van der Waals surface area contributed by atoms with Crippen LogP contribution in [0.15, 0.2) is 40.9 Å². The highest BCUT2D eigenvalue weighted by atomic mass is 16.7. The minimum Gasteiger partial charge on any atom is -0.454 e. The van der Waals surface area contributed by atoms with Crippen LogP contribution >= 0.6 is 0 Å². The first-order chi connectivity index (χ1) is 14.6. The number of ether oxygens (including phenoxy) is 2. The molecule has 1 atom stereocenters. The molecule has 1 aromatic heterocycles. The largest absolute Gasteiger partial charge is 0.454 e. The van der Waals surface area contributed by atoms with E-state index in [2.05, 4.69) is 59.3 Å². The zero-order chi connectivity index (χ0) is 20.7. The monoisotopic (exact) mass is 406 g/mol. The molecule has 0 spiro atoms. The highest BCUT2D eigenvalue weighted by Gasteiger charge is 2.26. The molecule has 2 aliphatic heterocycles. The fraction of sp³-hybridized carbons (Fsp3) is 0.391. The van der Waals surface area contributed by atoms with Crippen LogP contribution < -0.4 is 14.8 Å². The first-order valence-corrected chi connectivity index (χ1v) is 10.4. The van der Waals surface area contributed by atoms with Crippen molar-refractivity contribution < 1.29 is 14.0 Å². The van der Waals surface area contributed by atoms with Crippen molar-refractivity contribution in [3.8, 4) is 22.9 Å². The molecule has 7 nitrogen and oxygen atoms in total. The lowest BCUT2D eigenvalue weighted by Gasteiger charge is -2.27. The van der Waals surface area contributed by atoms with E-state index in [9.17, 15) is 0 Å². The maximum Gasteiger partial charge on any atom is 0.246 e. The number of hydrogen-bond donors (Lipinski definition) is 1. The van der Waals surface area contributed by atoms with Gasteiger partial charge < -0.3 is 19.3 Å². The molecule has 30 heavy (non-hydrogen) atoms. The van der Waals surface area contributed by atoms with E-state index in [0.29, 0.717) is 36.0 Å². The van der Waals surface area contributed by atoms with Gasteiger partial charge in [0.25, 0.3) is 0 Å². The Balaban J connectivity index is 1.28. The molecule has 0 saturated heterocycles. The summed E-state index contributed by atoms with van der Waals surface area (Å²) in [6.07, 6.45) is 0. The molecule has 1 N–H and O–H groups in total. The van der Waals surface area contributed by atoms with E-state index in [1.807, 2.05) is 18.2 Å². The Morgan fingerprint density at radius 1 is 1.07 bits per heavy atom. The zero-order valence-electron chi connectivity index (χ0n) is 17.5. The number of fused-ring (bicyclic) bond motifs is 2. The average Bonchev–Trinajstić information content (AvgIpc) is 3.49. The van der Waals surface area contributed by atoms with Gasteiger partial charge in [0.1, 0.15) is 0 Å². The SMILES string of the molecule is CC(C)C(C)N1Cc2cccc(NCc3nc(-c4ccc5c(c4)OCO5)no3)c2C1. The van der Waals surface area contributed by atoms with E-state index in [1.165, 1.54) is 11.1 Å². The van der Waals surface area contributed by atoms with E-state index >= 15 is 0 Å². The molecule has 0 amide bonds. The van der Waals surface area contributed by atoms with Gasteiger partial charge in [-0.15, -0.1) is 0 Å². The molecule has 1 unspecified atom stereocenters. The van der Waals surface area contributed by atoms with Gasteiger partial charge in [-0.1, -0.05) is 31.1 Å². The van der Waals surface area contributed by atoms with Gasteiger partial charge in [-0.05, 0) is 48.2 Å². The summed E-state index contributed by atoms with van der Waals surface area (Å²) in [4.78, 5) is 7.07. The second-order valence-corrected chi connectivity index (χ2v) is 8.27. The van der Waals surface area contributed by atoms with Gasteiger partial charge in [0.15, 0.2) is 11.5 Å². The van der Waals surface area contributed by atoms with Crippen LogP contribution in [-0.2, 0) is 19.6 Å². The van der Waals surface area contributed by atoms with E-state index in [4.69, 9.17) is 14.0 Å². The molecular formula is C23H26N4O3. The maximum absolute atomic E-state index is 5.46. The van der Waals surface area contributed by atoms with Crippen LogP contribution in [0.1, 0.15) is 37.8 Å². The van der Waals surface area contributed by atoms with Crippen molar-refractivity contribution in [3.05, 3.63) is 53.4 Å². The zero-order valence-corrected chi connectivity index (χ0v) is 17.5. The standard InChI is InChI=1S/C23H26N4O3/c1-14(2)15(3)27-11-17-5-4-6-19(18(17)12-27)24-10-22-25-23(26-30-22)16-7-8-20-21(9-16)29-13-28-20/h4-9,14-15,24H,10-13H2,1-3H3. The summed E-state index contributed by atoms with van der Waals surface area (Å²) < 4.78 is 16.2. The molecule has 3 aromatic rings. The minimum absolute atomic E-state index is 0.245. The second kappa shape index (κ2) is 7.65. The number of nitrogens with one attached hydrogen (secondary N) is 1. The van der Waals surface area contributed by atoms with Crippen LogP contribution in [0.25, 0.3) is 11.4 Å². The second-order valence-electron chi connectivity index (χ2n) is 8.27. The van der Waals surface area contributed by atoms with E-state index in [-0.39, 0.29) is 6.79 Å². The van der Waals surface area contributed by atoms with Gasteiger partial charge in [-0.3, -0.25) is 4.90 Å². The molecular weight excluding hydrogens is 380 g/mol. The lowest BCUT2D eigenvalue weighted by Crippen LogP contribution is -2.32. The summed E-state index contributed by atoms with van der Waals surface area (Å²) in [5, 5.41) is 7.61. The summed E-state index contributed by atoms with van der Waals surface area (Å²) in [6.45, 7) is 9.55. The smallest absolute Gasteiger partial charge is 0.246 e. The third kappa shape index (κ3) is 3.50. The predicted molar refractivity (Wildman–Crippen MR) is 113 cm³/mol. The average molecular weight is 406 g/mol. The van der Waals surface area contributed by atoms with Crippen LogP contribution in [0.3, 0.4) is 0 Å². The van der Waals surface area contributed by atoms with Crippen molar-refractivity contribution in [1.82, 2.24) is 15.0 Å². The molecule has 7 heteroatoms. The van der Waals surface area contributed by atoms with Crippen molar-refractivity contribution >= 4 is 5.69 Å². The maximum atomic E-state index is 5.46. The van der Waals surface area contributed by atoms with E-state index < -0.39 is 0 Å². The molecule has 0 radical (unpaired) electrons. The molecule has 156 valence electrons. The number of benzene rings is 2. The van der Waals surface area contributed by atoms with Crippen LogP contribution in [0.5, 0.6) is 11.5 Å². The Labute approximate surface area is 176 Å². The van der Waals surface area contributed by atoms with Gasteiger partial charge in [0.05, 0.1) is 6.54 Å². The number of aromatic nitrogens is 2. The number of anilines is 1. The summed E-state index contributed by atoms with van der Waals surface area (Å²) in [6, 6.07) is 12.6. The summed E-state index contributed by atoms with van der Waals surface area (Å²) in [7, 11) is 0. The van der Waals surface area contributed by atoms with Crippen molar-refractivity contribution in [2.75, 3.05) is 12.1 Å². The molecule has 5 rings (SSSR count). The van der Waals surface area contributed by atoms with Gasteiger partial charge >= 0.3 is 0 Å². The third-order valence-corrected chi connectivity index (χ3v) is 6.08. The first-order valence-electron chi connectivity index (χ1n) is 10.4. The number of rotatable bonds is 6. The molecule has 2 aliphatic rings. The minimum atomic E-state index is 0.245. The van der Waals surface area contributed by atoms with Crippen molar-refractivity contribution in [1.29, 1.82) is 0 Å². The van der Waals surface area contributed by atoms with Gasteiger partial charge in [-0.2, -0.15) is 4.98 Å². The van der Waals surface area contributed by atoms with Crippen molar-refractivity contribution in [3.63, 3.8) is 0 Å². The van der Waals surface area contributed by atoms with Gasteiger partial charge in [-0.25, -0.2) is 0 Å². The number of hydrogen-bond acceptors (Lipinski definition) is 7. The third-order valence-electron chi connectivity index (χ3n) is 6.08. The molecule has 0 aliphatic carbocycles. The van der Waals surface area contributed by atoms with Crippen LogP contribution in [0.2, 0.25) is 0 Å². The summed E-state index contributed by atoms with van der Waals surface area (Å²) in [5.74, 6) is 3.16. The Hall–Kier alpha value is -3.06. The molecule has 0 bridgehead atoms. The van der Waals surface area contributed by atoms with Crippen LogP contribution in [-0.4, -0.2) is 27.9 Å². The summed E-state index contributed by atoms with van der Waals surface area (Å²) in [5.41, 5.74) is 4.72. The lowest BCUT2D eigenvalue weighted by atomic mass is 10.1. The Morgan fingerprint density at radius 2 is 1.93 bits per heavy atom. The van der Waals surface area contributed by atoms with E-state index in [0.717, 1.165) is 30.1 Å². The van der Waals surface area contributed by atoms with Gasteiger partial charge in [0.2, 0.25) is 18.5 Å². The van der Waals surface area contributed by atoms with Crippen molar-refractivity contribution in [2.24, 2.45) is 5.92 Å². The lowest BCUT2D eigenvalue weighted by molar-refractivity contribution is 0.170. The molecule has 0 saturated carbocycles. The quantitative estimate of drug-likeness (QED) is 0.649. The Kier molecular flexibility index (Phi) is 4.83. The molecule has 0 fully saturated rings. The van der Waals surface area contributed by atoms with Crippen LogP contribution in [0, 0.1) is 5.92 Å². The van der Waals surface area contributed by atoms with Crippen molar-refractivity contribution in [2.45, 2.75) is 46.4 Å². The highest BCUT2D eigenvalue weighted by molar-refractivity contribution is 5.61. The first kappa shape index (κ1) is 18.9. The topological polar surface area (TPSA) is 72.7 Å².